The van der Waals surface area contributed by atoms with Gasteiger partial charge in [0.05, 0.1) is 5.60 Å². The molecule has 0 amide bonds. The molecule has 4 aliphatic carbocycles. The Balaban J connectivity index is 1.57. The average Bonchev–Trinajstić information content (AvgIpc) is 2.84. The Kier molecular flexibility index (Phi) is 6.06. The van der Waals surface area contributed by atoms with Crippen LogP contribution in [0.3, 0.4) is 0 Å². The molecule has 0 aromatic heterocycles. The molecule has 9 atom stereocenters. The molecule has 3 unspecified atom stereocenters. The van der Waals surface area contributed by atoms with Gasteiger partial charge in [-0.2, -0.15) is 0 Å². The smallest absolute Gasteiger partial charge is 0.184 e. The molecule has 180 valence electrons. The van der Waals surface area contributed by atoms with Crippen LogP contribution in [0.4, 0.5) is 0 Å². The number of hydrogen-bond donors (Lipinski definition) is 0. The standard InChI is InChI=1S/C27H52O2Si2/c1-19-17-20-18-21(28-30(5,6)7)11-14-25(20,2)22-12-15-26(3)23(24(19)22)13-16-27(26,4)29-31(8,9)10/h19-24H,11-18H2,1-10H3/t19-,20-,21-,22?,23?,24?,25+,26+,27+/m1/s1. The van der Waals surface area contributed by atoms with E-state index in [1.54, 1.807) is 0 Å². The Morgan fingerprint density at radius 2 is 1.39 bits per heavy atom. The van der Waals surface area contributed by atoms with Gasteiger partial charge in [0.25, 0.3) is 0 Å². The van der Waals surface area contributed by atoms with E-state index in [9.17, 15) is 0 Å². The van der Waals surface area contributed by atoms with Crippen molar-refractivity contribution in [1.29, 1.82) is 0 Å². The highest BCUT2D eigenvalue weighted by Gasteiger charge is 2.65. The molecule has 4 aliphatic rings. The highest BCUT2D eigenvalue weighted by Crippen LogP contribution is 2.70. The minimum Gasteiger partial charge on any atom is -0.415 e. The molecule has 0 heterocycles. The van der Waals surface area contributed by atoms with Crippen LogP contribution in [-0.4, -0.2) is 28.3 Å². The Hall–Kier alpha value is 0.354. The summed E-state index contributed by atoms with van der Waals surface area (Å²) in [5.41, 5.74) is 0.994. The summed E-state index contributed by atoms with van der Waals surface area (Å²) >= 11 is 0. The van der Waals surface area contributed by atoms with E-state index in [0.717, 1.165) is 29.6 Å². The third-order valence-corrected chi connectivity index (χ3v) is 12.7. The molecule has 0 N–H and O–H groups in total. The van der Waals surface area contributed by atoms with Crippen LogP contribution in [0.2, 0.25) is 39.3 Å². The van der Waals surface area contributed by atoms with Gasteiger partial charge in [-0.25, -0.2) is 0 Å². The van der Waals surface area contributed by atoms with E-state index in [1.165, 1.54) is 51.4 Å². The minimum atomic E-state index is -1.56. The molecule has 4 rings (SSSR count). The van der Waals surface area contributed by atoms with Gasteiger partial charge in [-0.3, -0.25) is 0 Å². The predicted molar refractivity (Wildman–Crippen MR) is 137 cm³/mol. The summed E-state index contributed by atoms with van der Waals surface area (Å²) in [5.74, 6) is 4.40. The fraction of sp³-hybridized carbons (Fsp3) is 1.00. The van der Waals surface area contributed by atoms with Gasteiger partial charge in [0.1, 0.15) is 0 Å². The van der Waals surface area contributed by atoms with Gasteiger partial charge < -0.3 is 8.85 Å². The molecular formula is C27H52O2Si2. The van der Waals surface area contributed by atoms with Gasteiger partial charge in [-0.05, 0) is 138 Å². The van der Waals surface area contributed by atoms with Gasteiger partial charge in [-0.15, -0.1) is 0 Å². The van der Waals surface area contributed by atoms with E-state index in [-0.39, 0.29) is 5.60 Å². The summed E-state index contributed by atoms with van der Waals surface area (Å²) in [6, 6.07) is 0. The van der Waals surface area contributed by atoms with E-state index in [4.69, 9.17) is 8.85 Å². The van der Waals surface area contributed by atoms with E-state index < -0.39 is 16.6 Å². The largest absolute Gasteiger partial charge is 0.415 e. The first-order valence-corrected chi connectivity index (χ1v) is 20.3. The number of hydrogen-bond acceptors (Lipinski definition) is 2. The Bertz CT molecular complexity index is 682. The van der Waals surface area contributed by atoms with Crippen LogP contribution in [0.5, 0.6) is 0 Å². The molecular weight excluding hydrogens is 412 g/mol. The van der Waals surface area contributed by atoms with Crippen molar-refractivity contribution >= 4 is 16.6 Å². The van der Waals surface area contributed by atoms with Gasteiger partial charge in [0.2, 0.25) is 0 Å². The maximum atomic E-state index is 6.99. The molecule has 0 bridgehead atoms. The van der Waals surface area contributed by atoms with Gasteiger partial charge >= 0.3 is 0 Å². The second-order valence-electron chi connectivity index (χ2n) is 14.8. The molecule has 4 fully saturated rings. The quantitative estimate of drug-likeness (QED) is 0.391. The Morgan fingerprint density at radius 1 is 0.742 bits per heavy atom. The van der Waals surface area contributed by atoms with Gasteiger partial charge in [0.15, 0.2) is 16.6 Å². The zero-order valence-corrected chi connectivity index (χ0v) is 24.4. The minimum absolute atomic E-state index is 0.0907. The van der Waals surface area contributed by atoms with Crippen LogP contribution in [0, 0.1) is 40.4 Å². The lowest BCUT2D eigenvalue weighted by Crippen LogP contribution is -2.60. The third kappa shape index (κ3) is 4.19. The Labute approximate surface area is 195 Å². The first-order valence-electron chi connectivity index (χ1n) is 13.5. The van der Waals surface area contributed by atoms with Crippen molar-refractivity contribution in [3.8, 4) is 0 Å². The topological polar surface area (TPSA) is 18.5 Å². The monoisotopic (exact) mass is 464 g/mol. The summed E-state index contributed by atoms with van der Waals surface area (Å²) in [6.07, 6.45) is 11.5. The van der Waals surface area contributed by atoms with Gasteiger partial charge in [-0.1, -0.05) is 20.8 Å². The predicted octanol–water partition coefficient (Wildman–Crippen LogP) is 8.11. The van der Waals surface area contributed by atoms with Crippen molar-refractivity contribution in [3.63, 3.8) is 0 Å². The average molecular weight is 465 g/mol. The third-order valence-electron chi connectivity index (χ3n) is 10.6. The summed E-state index contributed by atoms with van der Waals surface area (Å²) in [6.45, 7) is 24.7. The SMILES string of the molecule is C[C@@H]1C[C@@H]2C[C@H](O[Si](C)(C)C)CC[C@]2(C)C2CC[C@@]3(C)C(CC[C@]3(C)O[Si](C)(C)C)C21. The maximum absolute atomic E-state index is 6.99. The van der Waals surface area contributed by atoms with Crippen molar-refractivity contribution < 1.29 is 8.85 Å². The van der Waals surface area contributed by atoms with E-state index in [0.29, 0.717) is 16.9 Å². The molecule has 0 saturated heterocycles. The summed E-state index contributed by atoms with van der Waals surface area (Å²) in [5, 5.41) is 0. The maximum Gasteiger partial charge on any atom is 0.184 e. The van der Waals surface area contributed by atoms with Crippen molar-refractivity contribution in [2.24, 2.45) is 40.4 Å². The highest BCUT2D eigenvalue weighted by molar-refractivity contribution is 6.70. The number of rotatable bonds is 4. The summed E-state index contributed by atoms with van der Waals surface area (Å²) in [7, 11) is -3.01. The molecule has 0 spiro atoms. The van der Waals surface area contributed by atoms with Crippen molar-refractivity contribution in [3.05, 3.63) is 0 Å². The van der Waals surface area contributed by atoms with E-state index in [2.05, 4.69) is 67.0 Å². The van der Waals surface area contributed by atoms with Crippen LogP contribution in [-0.2, 0) is 8.85 Å². The van der Waals surface area contributed by atoms with E-state index >= 15 is 0 Å². The molecule has 31 heavy (non-hydrogen) atoms. The first-order chi connectivity index (χ1) is 14.1. The molecule has 4 heteroatoms. The van der Waals surface area contributed by atoms with E-state index in [1.807, 2.05) is 0 Å². The zero-order valence-electron chi connectivity index (χ0n) is 22.4. The van der Waals surface area contributed by atoms with Crippen LogP contribution in [0.25, 0.3) is 0 Å². The second-order valence-corrected chi connectivity index (χ2v) is 23.7. The normalized spacial score (nSPS) is 50.5. The molecule has 0 aromatic rings. The van der Waals surface area contributed by atoms with Crippen LogP contribution in [0.15, 0.2) is 0 Å². The molecule has 0 radical (unpaired) electrons. The molecule has 4 saturated carbocycles. The second kappa shape index (κ2) is 7.68. The van der Waals surface area contributed by atoms with Crippen molar-refractivity contribution in [1.82, 2.24) is 0 Å². The zero-order chi connectivity index (χ0) is 23.0. The van der Waals surface area contributed by atoms with Crippen LogP contribution < -0.4 is 0 Å². The molecule has 0 aromatic carbocycles. The molecule has 0 aliphatic heterocycles. The number of fused-ring (bicyclic) bond motifs is 5. The molecule has 2 nitrogen and oxygen atoms in total. The van der Waals surface area contributed by atoms with Crippen LogP contribution in [0.1, 0.15) is 79.1 Å². The fourth-order valence-electron chi connectivity index (χ4n) is 9.28. The van der Waals surface area contributed by atoms with Crippen molar-refractivity contribution in [2.75, 3.05) is 0 Å². The Morgan fingerprint density at radius 3 is 2.00 bits per heavy atom. The lowest BCUT2D eigenvalue weighted by atomic mass is 9.42. The lowest BCUT2D eigenvalue weighted by molar-refractivity contribution is -0.165. The van der Waals surface area contributed by atoms with Crippen LogP contribution >= 0.6 is 0 Å². The van der Waals surface area contributed by atoms with Gasteiger partial charge in [0, 0.05) is 6.10 Å². The first kappa shape index (κ1) is 24.5. The fourth-order valence-corrected chi connectivity index (χ4v) is 12.2. The lowest BCUT2D eigenvalue weighted by Gasteiger charge is -2.64. The summed E-state index contributed by atoms with van der Waals surface area (Å²) < 4.78 is 13.6. The highest BCUT2D eigenvalue weighted by atomic mass is 28.4. The van der Waals surface area contributed by atoms with Crippen molar-refractivity contribution in [2.45, 2.75) is 130 Å². The summed E-state index contributed by atoms with van der Waals surface area (Å²) in [4.78, 5) is 0.